The van der Waals surface area contributed by atoms with Crippen molar-refractivity contribution in [3.8, 4) is 0 Å². The summed E-state index contributed by atoms with van der Waals surface area (Å²) in [5.41, 5.74) is -1.53. The van der Waals surface area contributed by atoms with Crippen LogP contribution in [0.1, 0.15) is 33.6 Å². The lowest BCUT2D eigenvalue weighted by molar-refractivity contribution is -0.384. The molecular weight excluding hydrogens is 340 g/mol. The van der Waals surface area contributed by atoms with Crippen LogP contribution in [0.4, 0.5) is 5.69 Å². The van der Waals surface area contributed by atoms with Crippen molar-refractivity contribution < 1.29 is 28.0 Å². The zero-order chi connectivity index (χ0) is 18.1. The number of nitro groups is 1. The van der Waals surface area contributed by atoms with Crippen LogP contribution in [0.15, 0.2) is 18.2 Å². The lowest BCUT2D eigenvalue weighted by Crippen LogP contribution is -2.33. The Morgan fingerprint density at radius 2 is 1.88 bits per heavy atom. The van der Waals surface area contributed by atoms with Crippen LogP contribution in [0, 0.1) is 15.5 Å². The van der Waals surface area contributed by atoms with Crippen LogP contribution in [0.5, 0.6) is 0 Å². The first kappa shape index (κ1) is 17.9. The van der Waals surface area contributed by atoms with Gasteiger partial charge >= 0.3 is 5.97 Å². The molecule has 1 aromatic carbocycles. The topological polar surface area (TPSA) is 144 Å². The first-order valence-electron chi connectivity index (χ1n) is 7.00. The van der Waals surface area contributed by atoms with Crippen LogP contribution < -0.4 is 5.32 Å². The number of aromatic carboxylic acids is 1. The molecule has 0 bridgehead atoms. The van der Waals surface area contributed by atoms with Gasteiger partial charge < -0.3 is 10.4 Å². The third-order valence-electron chi connectivity index (χ3n) is 3.79. The number of nitrogens with zero attached hydrogens (tertiary/aromatic N) is 1. The molecule has 9 nitrogen and oxygen atoms in total. The van der Waals surface area contributed by atoms with Gasteiger partial charge in [-0.25, -0.2) is 13.2 Å². The lowest BCUT2D eigenvalue weighted by atomic mass is 10.1. The summed E-state index contributed by atoms with van der Waals surface area (Å²) < 4.78 is 22.8. The van der Waals surface area contributed by atoms with E-state index in [-0.39, 0.29) is 23.4 Å². The number of hydrogen-bond acceptors (Lipinski definition) is 6. The molecule has 0 atom stereocenters. The van der Waals surface area contributed by atoms with Crippen LogP contribution in [0.2, 0.25) is 0 Å². The molecule has 1 aliphatic carbocycles. The van der Waals surface area contributed by atoms with Crippen LogP contribution in [0.25, 0.3) is 0 Å². The Morgan fingerprint density at radius 3 is 2.33 bits per heavy atom. The molecule has 1 fully saturated rings. The molecule has 0 heterocycles. The molecule has 0 aromatic heterocycles. The summed E-state index contributed by atoms with van der Waals surface area (Å²) in [4.78, 5) is 33.2. The van der Waals surface area contributed by atoms with Crippen molar-refractivity contribution >= 4 is 27.4 Å². The van der Waals surface area contributed by atoms with E-state index >= 15 is 0 Å². The number of amides is 1. The number of carbonyl (C=O) groups excluding carboxylic acids is 1. The second kappa shape index (κ2) is 6.19. The minimum Gasteiger partial charge on any atom is -0.478 e. The smallest absolute Gasteiger partial charge is 0.335 e. The maximum absolute atomic E-state index is 12.2. The number of rotatable bonds is 7. The molecule has 130 valence electrons. The standard InChI is InChI=1S/C14H16N2O7S/c1-24(22,23)8-14(2-3-14)7-15-12(17)9-4-10(13(18)19)6-11(5-9)16(20)21/h4-6H,2-3,7-8H2,1H3,(H,15,17)(H,18,19). The summed E-state index contributed by atoms with van der Waals surface area (Å²) in [6, 6.07) is 2.89. The zero-order valence-corrected chi connectivity index (χ0v) is 13.6. The van der Waals surface area contributed by atoms with Gasteiger partial charge in [-0.2, -0.15) is 0 Å². The molecule has 0 spiro atoms. The Labute approximate surface area is 137 Å². The van der Waals surface area contributed by atoms with Crippen molar-refractivity contribution in [3.63, 3.8) is 0 Å². The van der Waals surface area contributed by atoms with E-state index in [0.29, 0.717) is 12.8 Å². The number of sulfone groups is 1. The summed E-state index contributed by atoms with van der Waals surface area (Å²) in [7, 11) is -3.19. The van der Waals surface area contributed by atoms with E-state index in [1.165, 1.54) is 0 Å². The third kappa shape index (κ3) is 4.51. The summed E-state index contributed by atoms with van der Waals surface area (Å²) in [6.07, 6.45) is 2.44. The summed E-state index contributed by atoms with van der Waals surface area (Å²) in [5.74, 6) is -2.11. The van der Waals surface area contributed by atoms with Gasteiger partial charge in [-0.3, -0.25) is 14.9 Å². The van der Waals surface area contributed by atoms with Gasteiger partial charge in [0, 0.05) is 35.9 Å². The third-order valence-corrected chi connectivity index (χ3v) is 4.92. The Bertz CT molecular complexity index is 780. The Morgan fingerprint density at radius 1 is 1.29 bits per heavy atom. The maximum Gasteiger partial charge on any atom is 0.335 e. The number of nitro benzene ring substituents is 1. The molecule has 24 heavy (non-hydrogen) atoms. The second-order valence-corrected chi connectivity index (χ2v) is 8.22. The Kier molecular flexibility index (Phi) is 4.61. The van der Waals surface area contributed by atoms with Crippen LogP contribution >= 0.6 is 0 Å². The van der Waals surface area contributed by atoms with E-state index in [4.69, 9.17) is 5.11 Å². The number of carbonyl (C=O) groups is 2. The predicted molar refractivity (Wildman–Crippen MR) is 83.8 cm³/mol. The van der Waals surface area contributed by atoms with Gasteiger partial charge in [-0.05, 0) is 18.9 Å². The summed E-state index contributed by atoms with van der Waals surface area (Å²) in [6.45, 7) is 0.115. The molecular formula is C14H16N2O7S. The monoisotopic (exact) mass is 356 g/mol. The van der Waals surface area contributed by atoms with Gasteiger partial charge in [0.05, 0.1) is 16.2 Å². The molecule has 1 amide bonds. The van der Waals surface area contributed by atoms with Crippen LogP contribution in [-0.2, 0) is 9.84 Å². The fourth-order valence-corrected chi connectivity index (χ4v) is 3.95. The van der Waals surface area contributed by atoms with Crippen molar-refractivity contribution in [1.82, 2.24) is 5.32 Å². The fourth-order valence-electron chi connectivity index (χ4n) is 2.45. The largest absolute Gasteiger partial charge is 0.478 e. The fraction of sp³-hybridized carbons (Fsp3) is 0.429. The molecule has 0 radical (unpaired) electrons. The average Bonchev–Trinajstić information content (AvgIpc) is 3.22. The highest BCUT2D eigenvalue weighted by atomic mass is 32.2. The van der Waals surface area contributed by atoms with Crippen molar-refractivity contribution in [2.45, 2.75) is 12.8 Å². The molecule has 1 aromatic rings. The van der Waals surface area contributed by atoms with Gasteiger partial charge in [0.25, 0.3) is 11.6 Å². The normalized spacial score (nSPS) is 15.5. The molecule has 0 saturated heterocycles. The molecule has 2 rings (SSSR count). The quantitative estimate of drug-likeness (QED) is 0.544. The summed E-state index contributed by atoms with van der Waals surface area (Å²) >= 11 is 0. The van der Waals surface area contributed by atoms with Gasteiger partial charge in [-0.1, -0.05) is 0 Å². The number of carboxylic acids is 1. The van der Waals surface area contributed by atoms with E-state index in [1.54, 1.807) is 0 Å². The first-order valence-corrected chi connectivity index (χ1v) is 9.06. The highest BCUT2D eigenvalue weighted by Crippen LogP contribution is 2.46. The first-order chi connectivity index (χ1) is 11.0. The van der Waals surface area contributed by atoms with Crippen molar-refractivity contribution in [3.05, 3.63) is 39.4 Å². The molecule has 0 unspecified atom stereocenters. The zero-order valence-electron chi connectivity index (χ0n) is 12.8. The van der Waals surface area contributed by atoms with Crippen molar-refractivity contribution in [2.75, 3.05) is 18.6 Å². The predicted octanol–water partition coefficient (Wildman–Crippen LogP) is 0.848. The maximum atomic E-state index is 12.2. The molecule has 0 aliphatic heterocycles. The highest BCUT2D eigenvalue weighted by molar-refractivity contribution is 7.90. The second-order valence-electron chi connectivity index (χ2n) is 6.08. The number of non-ortho nitro benzene ring substituents is 1. The van der Waals surface area contributed by atoms with Crippen molar-refractivity contribution in [2.24, 2.45) is 5.41 Å². The van der Waals surface area contributed by atoms with E-state index in [2.05, 4.69) is 5.32 Å². The van der Waals surface area contributed by atoms with E-state index in [9.17, 15) is 28.1 Å². The van der Waals surface area contributed by atoms with Crippen LogP contribution in [-0.4, -0.2) is 48.9 Å². The van der Waals surface area contributed by atoms with Gasteiger partial charge in [0.1, 0.15) is 9.84 Å². The SMILES string of the molecule is CS(=O)(=O)CC1(CNC(=O)c2cc(C(=O)O)cc([N+](=O)[O-])c2)CC1. The minimum absolute atomic E-state index is 0.0460. The highest BCUT2D eigenvalue weighted by Gasteiger charge is 2.45. The number of benzene rings is 1. The average molecular weight is 356 g/mol. The van der Waals surface area contributed by atoms with E-state index < -0.39 is 37.7 Å². The van der Waals surface area contributed by atoms with Gasteiger partial charge in [-0.15, -0.1) is 0 Å². The lowest BCUT2D eigenvalue weighted by Gasteiger charge is -2.15. The van der Waals surface area contributed by atoms with E-state index in [1.807, 2.05) is 0 Å². The number of carboxylic acid groups (broad SMARTS) is 1. The molecule has 1 aliphatic rings. The van der Waals surface area contributed by atoms with Crippen molar-refractivity contribution in [1.29, 1.82) is 0 Å². The number of hydrogen-bond donors (Lipinski definition) is 2. The minimum atomic E-state index is -3.19. The van der Waals surface area contributed by atoms with Gasteiger partial charge in [0.2, 0.25) is 0 Å². The number of nitrogens with one attached hydrogen (secondary N) is 1. The molecule has 10 heteroatoms. The Balaban J connectivity index is 2.15. The van der Waals surface area contributed by atoms with E-state index in [0.717, 1.165) is 24.5 Å². The van der Waals surface area contributed by atoms with Gasteiger partial charge in [0.15, 0.2) is 0 Å². The van der Waals surface area contributed by atoms with Crippen LogP contribution in [0.3, 0.4) is 0 Å². The Hall–Kier alpha value is -2.49. The summed E-state index contributed by atoms with van der Waals surface area (Å²) in [5, 5.41) is 22.4. The molecule has 2 N–H and O–H groups in total. The molecule has 1 saturated carbocycles.